The molecule has 14 heteroatoms. The molecular formula is C25H21F2N3O7S2. The lowest BCUT2D eigenvalue weighted by atomic mass is 9.97. The van der Waals surface area contributed by atoms with Crippen molar-refractivity contribution in [1.29, 1.82) is 0 Å². The molecule has 2 aromatic heterocycles. The van der Waals surface area contributed by atoms with Gasteiger partial charge in [0.1, 0.15) is 12.2 Å². The first-order valence-corrected chi connectivity index (χ1v) is 13.7. The van der Waals surface area contributed by atoms with E-state index in [1.54, 1.807) is 11.0 Å². The molecule has 1 saturated heterocycles. The van der Waals surface area contributed by atoms with E-state index >= 15 is 4.39 Å². The molecule has 5 heterocycles. The Kier molecular flexibility index (Phi) is 6.69. The highest BCUT2D eigenvalue weighted by atomic mass is 32.2. The highest BCUT2D eigenvalue weighted by Gasteiger charge is 2.46. The number of methoxy groups -OCH3 is 1. The van der Waals surface area contributed by atoms with E-state index in [1.807, 2.05) is 16.5 Å². The first-order valence-electron chi connectivity index (χ1n) is 11.8. The minimum Gasteiger partial charge on any atom is -0.451 e. The Hall–Kier alpha value is -3.62. The van der Waals surface area contributed by atoms with E-state index in [-0.39, 0.29) is 42.5 Å². The number of rotatable bonds is 4. The summed E-state index contributed by atoms with van der Waals surface area (Å²) >= 11 is 2.86. The maximum absolute atomic E-state index is 15.2. The van der Waals surface area contributed by atoms with E-state index in [0.29, 0.717) is 5.56 Å². The van der Waals surface area contributed by atoms with Crippen LogP contribution in [0.15, 0.2) is 45.5 Å². The maximum atomic E-state index is 15.2. The smallest absolute Gasteiger partial charge is 0.451 e. The summed E-state index contributed by atoms with van der Waals surface area (Å²) in [6.07, 6.45) is -0.210. The molecule has 1 amide bonds. The number of nitrogens with zero attached hydrogens (tertiary/aromatic N) is 3. The van der Waals surface area contributed by atoms with Crippen molar-refractivity contribution in [1.82, 2.24) is 9.58 Å². The molecule has 0 saturated carbocycles. The van der Waals surface area contributed by atoms with Gasteiger partial charge in [-0.3, -0.25) is 19.3 Å². The molecule has 0 radical (unpaired) electrons. The van der Waals surface area contributed by atoms with Crippen molar-refractivity contribution < 1.29 is 37.3 Å². The first-order chi connectivity index (χ1) is 18.9. The quantitative estimate of drug-likeness (QED) is 0.341. The van der Waals surface area contributed by atoms with Gasteiger partial charge in [-0.2, -0.15) is 0 Å². The lowest BCUT2D eigenvalue weighted by molar-refractivity contribution is -0.0208. The number of amides is 1. The molecule has 39 heavy (non-hydrogen) atoms. The summed E-state index contributed by atoms with van der Waals surface area (Å²) in [7, 11) is 1.12. The van der Waals surface area contributed by atoms with Gasteiger partial charge >= 0.3 is 6.16 Å². The number of benzene rings is 1. The van der Waals surface area contributed by atoms with Crippen molar-refractivity contribution in [2.24, 2.45) is 0 Å². The van der Waals surface area contributed by atoms with Gasteiger partial charge in [0.15, 0.2) is 17.3 Å². The predicted octanol–water partition coefficient (Wildman–Crippen LogP) is 3.45. The number of pyridine rings is 1. The third-order valence-corrected chi connectivity index (χ3v) is 8.97. The molecule has 10 nitrogen and oxygen atoms in total. The van der Waals surface area contributed by atoms with E-state index in [2.05, 4.69) is 4.74 Å². The molecule has 1 fully saturated rings. The molecule has 0 N–H and O–H groups in total. The van der Waals surface area contributed by atoms with E-state index < -0.39 is 48.1 Å². The average Bonchev–Trinajstić information content (AvgIpc) is 3.35. The lowest BCUT2D eigenvalue weighted by Crippen LogP contribution is -2.66. The van der Waals surface area contributed by atoms with Gasteiger partial charge in [-0.15, -0.1) is 23.1 Å². The summed E-state index contributed by atoms with van der Waals surface area (Å²) in [4.78, 5) is 41.4. The number of aromatic nitrogens is 1. The summed E-state index contributed by atoms with van der Waals surface area (Å²) in [6, 6.07) is 5.14. The minimum absolute atomic E-state index is 0.0896. The van der Waals surface area contributed by atoms with Crippen molar-refractivity contribution in [2.45, 2.75) is 22.9 Å². The average molecular weight is 578 g/mol. The fraction of sp³-hybridized carbons (Fsp3) is 0.320. The van der Waals surface area contributed by atoms with Crippen LogP contribution in [-0.2, 0) is 20.0 Å². The molecule has 3 aromatic rings. The van der Waals surface area contributed by atoms with Crippen LogP contribution in [0.1, 0.15) is 32.5 Å². The van der Waals surface area contributed by atoms with Crippen LogP contribution in [0, 0.1) is 11.6 Å². The molecular weight excluding hydrogens is 556 g/mol. The molecule has 204 valence electrons. The van der Waals surface area contributed by atoms with Crippen LogP contribution in [0.3, 0.4) is 0 Å². The number of carbonyl (C=O) groups is 2. The van der Waals surface area contributed by atoms with Gasteiger partial charge < -0.3 is 23.8 Å². The highest BCUT2D eigenvalue weighted by Crippen LogP contribution is 2.47. The molecule has 0 bridgehead atoms. The first kappa shape index (κ1) is 25.6. The van der Waals surface area contributed by atoms with E-state index in [4.69, 9.17) is 14.2 Å². The molecule has 0 spiro atoms. The molecule has 1 aromatic carbocycles. The normalized spacial score (nSPS) is 19.8. The zero-order valence-corrected chi connectivity index (χ0v) is 22.1. The minimum atomic E-state index is -1.02. The molecule has 3 aliphatic rings. The van der Waals surface area contributed by atoms with Gasteiger partial charge in [0.05, 0.1) is 20.3 Å². The fourth-order valence-electron chi connectivity index (χ4n) is 5.05. The molecule has 6 rings (SSSR count). The van der Waals surface area contributed by atoms with Crippen molar-refractivity contribution in [3.63, 3.8) is 0 Å². The van der Waals surface area contributed by atoms with Crippen LogP contribution in [-0.4, -0.2) is 61.5 Å². The van der Waals surface area contributed by atoms with E-state index in [1.165, 1.54) is 40.0 Å². The number of hydrogen-bond acceptors (Lipinski definition) is 10. The second kappa shape index (κ2) is 10.2. The summed E-state index contributed by atoms with van der Waals surface area (Å²) < 4.78 is 51.5. The van der Waals surface area contributed by atoms with Crippen molar-refractivity contribution in [2.75, 3.05) is 38.7 Å². The van der Waals surface area contributed by atoms with Gasteiger partial charge in [-0.1, -0.05) is 6.07 Å². The largest absolute Gasteiger partial charge is 0.510 e. The lowest BCUT2D eigenvalue weighted by Gasteiger charge is -2.51. The third kappa shape index (κ3) is 4.22. The summed E-state index contributed by atoms with van der Waals surface area (Å²) in [5.74, 6) is -2.45. The monoisotopic (exact) mass is 577 g/mol. The highest BCUT2D eigenvalue weighted by molar-refractivity contribution is 7.98. The Bertz CT molecular complexity index is 1530. The maximum Gasteiger partial charge on any atom is 0.510 e. The molecule has 3 aliphatic heterocycles. The number of hydrogen-bond donors (Lipinski definition) is 0. The van der Waals surface area contributed by atoms with Gasteiger partial charge in [0.25, 0.3) is 5.91 Å². The topological polar surface area (TPSA) is 99.5 Å². The Balaban J connectivity index is 1.56. The Morgan fingerprint density at radius 2 is 2.05 bits per heavy atom. The Labute approximate surface area is 228 Å². The van der Waals surface area contributed by atoms with Crippen LogP contribution in [0.25, 0.3) is 0 Å². The number of thioether (sulfide) groups is 1. The predicted molar refractivity (Wildman–Crippen MR) is 136 cm³/mol. The number of morpholine rings is 1. The van der Waals surface area contributed by atoms with Crippen LogP contribution in [0.5, 0.6) is 5.75 Å². The van der Waals surface area contributed by atoms with Gasteiger partial charge in [-0.05, 0) is 23.1 Å². The number of carbonyl (C=O) groups excluding carboxylic acids is 2. The van der Waals surface area contributed by atoms with Crippen LogP contribution >= 0.6 is 23.1 Å². The summed E-state index contributed by atoms with van der Waals surface area (Å²) in [5, 5.41) is 3.76. The fourth-order valence-corrected chi connectivity index (χ4v) is 7.36. The second-order valence-corrected chi connectivity index (χ2v) is 10.7. The number of ether oxygens (including phenoxy) is 4. The van der Waals surface area contributed by atoms with Crippen LogP contribution in [0.2, 0.25) is 0 Å². The SMILES string of the molecule is COC(=O)OCOc1c2n(ccc1=O)N([C@@H]1c3ccc(F)c(F)c3CSc3ccsc31)[C@@H]1COCCN1C2=O. The zero-order valence-electron chi connectivity index (χ0n) is 20.4. The molecule has 0 unspecified atom stereocenters. The van der Waals surface area contributed by atoms with Crippen molar-refractivity contribution in [3.05, 3.63) is 79.4 Å². The van der Waals surface area contributed by atoms with Crippen LogP contribution in [0.4, 0.5) is 13.6 Å². The number of thiophene rings is 1. The number of halogens is 2. The Morgan fingerprint density at radius 3 is 2.87 bits per heavy atom. The molecule has 0 aliphatic carbocycles. The van der Waals surface area contributed by atoms with E-state index in [9.17, 15) is 18.8 Å². The third-order valence-electron chi connectivity index (χ3n) is 6.77. The summed E-state index contributed by atoms with van der Waals surface area (Å²) in [6.45, 7) is -0.0237. The zero-order chi connectivity index (χ0) is 27.3. The van der Waals surface area contributed by atoms with Crippen molar-refractivity contribution in [3.8, 4) is 5.75 Å². The second-order valence-electron chi connectivity index (χ2n) is 8.77. The summed E-state index contributed by atoms with van der Waals surface area (Å²) in [5.41, 5.74) is 0.0625. The van der Waals surface area contributed by atoms with E-state index in [0.717, 1.165) is 22.9 Å². The van der Waals surface area contributed by atoms with Gasteiger partial charge in [0.2, 0.25) is 18.0 Å². The number of fused-ring (bicyclic) bond motifs is 4. The van der Waals surface area contributed by atoms with Gasteiger partial charge in [0, 0.05) is 39.9 Å². The standard InChI is InChI=1S/C25H21F2N3O7S2/c1-34-25(33)37-12-36-22-16(31)4-6-29-21(22)24(32)28-7-8-35-10-18(28)30(29)20-13-2-3-15(26)19(27)14(13)11-39-17-5-9-38-23(17)20/h2-6,9,18,20H,7-8,10-12H2,1H3/t18-,20-/m1/s1. The molecule has 2 atom stereocenters. The van der Waals surface area contributed by atoms with Crippen molar-refractivity contribution >= 4 is 35.2 Å². The Morgan fingerprint density at radius 1 is 1.21 bits per heavy atom. The van der Waals surface area contributed by atoms with Crippen LogP contribution < -0.4 is 15.2 Å². The van der Waals surface area contributed by atoms with Gasteiger partial charge in [-0.25, -0.2) is 13.6 Å².